The van der Waals surface area contributed by atoms with Gasteiger partial charge in [0.2, 0.25) is 0 Å². The van der Waals surface area contributed by atoms with Crippen molar-refractivity contribution >= 4 is 11.6 Å². The molecule has 0 saturated carbocycles. The highest BCUT2D eigenvalue weighted by Gasteiger charge is 2.13. The maximum absolute atomic E-state index is 6.13. The lowest BCUT2D eigenvalue weighted by molar-refractivity contribution is 0.687. The van der Waals surface area contributed by atoms with Gasteiger partial charge in [0.25, 0.3) is 0 Å². The maximum Gasteiger partial charge on any atom is 0.193 e. The van der Waals surface area contributed by atoms with Gasteiger partial charge in [-0.3, -0.25) is 4.57 Å². The van der Waals surface area contributed by atoms with E-state index in [4.69, 9.17) is 5.73 Å². The molecule has 0 saturated heterocycles. The van der Waals surface area contributed by atoms with Crippen LogP contribution in [0.3, 0.4) is 0 Å². The molecule has 0 radical (unpaired) electrons. The van der Waals surface area contributed by atoms with Crippen LogP contribution in [-0.2, 0) is 19.4 Å². The Morgan fingerprint density at radius 3 is 2.81 bits per heavy atom. The van der Waals surface area contributed by atoms with Gasteiger partial charge in [-0.2, -0.15) is 0 Å². The third-order valence-electron chi connectivity index (χ3n) is 4.70. The summed E-state index contributed by atoms with van der Waals surface area (Å²) in [6, 6.07) is 16.3. The zero-order valence-electron chi connectivity index (χ0n) is 14.6. The summed E-state index contributed by atoms with van der Waals surface area (Å²) in [4.78, 5) is 4.46. The first-order valence-electron chi connectivity index (χ1n) is 8.93. The van der Waals surface area contributed by atoms with Gasteiger partial charge in [0.05, 0.1) is 0 Å². The van der Waals surface area contributed by atoms with Crippen LogP contribution in [0.2, 0.25) is 0 Å². The number of aliphatic imine (C=N–C) groups is 1. The number of nitrogens with two attached hydrogens (primary N) is 1. The Bertz CT molecular complexity index is 913. The molecule has 26 heavy (non-hydrogen) atoms. The quantitative estimate of drug-likeness (QED) is 0.562. The molecule has 1 heterocycles. The molecule has 1 aromatic heterocycles. The number of fused-ring (bicyclic) bond motifs is 1. The van der Waals surface area contributed by atoms with E-state index in [-0.39, 0.29) is 0 Å². The fraction of sp³-hybridized carbons (Fsp3) is 0.250. The van der Waals surface area contributed by atoms with Crippen LogP contribution in [0.1, 0.15) is 29.8 Å². The number of nitrogens with zero attached hydrogens (tertiary/aromatic N) is 4. The topological polar surface area (TPSA) is 81.1 Å². The minimum Gasteiger partial charge on any atom is -0.370 e. The van der Waals surface area contributed by atoms with E-state index in [1.807, 2.05) is 34.9 Å². The smallest absolute Gasteiger partial charge is 0.193 e. The van der Waals surface area contributed by atoms with Crippen molar-refractivity contribution in [3.8, 4) is 5.69 Å². The fourth-order valence-electron chi connectivity index (χ4n) is 3.40. The molecule has 1 aliphatic rings. The molecule has 0 aliphatic heterocycles. The molecule has 0 amide bonds. The lowest BCUT2D eigenvalue weighted by atomic mass is 9.90. The standard InChI is InChI=1S/C20H22N6/c21-20(24-18-12-6-8-15-7-4-5-11-17(15)18)22-13-19-25-23-14-26(19)16-9-2-1-3-10-16/h1-3,6,8-10,12,14H,4-5,7,11,13H2,(H3,21,22,24). The molecule has 0 atom stereocenters. The average molecular weight is 346 g/mol. The summed E-state index contributed by atoms with van der Waals surface area (Å²) in [6.07, 6.45) is 6.41. The Labute approximate surface area is 152 Å². The van der Waals surface area contributed by atoms with Crippen LogP contribution >= 0.6 is 0 Å². The highest BCUT2D eigenvalue weighted by Crippen LogP contribution is 2.27. The number of hydrogen-bond donors (Lipinski definition) is 2. The Morgan fingerprint density at radius 1 is 1.08 bits per heavy atom. The molecule has 4 rings (SSSR count). The van der Waals surface area contributed by atoms with E-state index >= 15 is 0 Å². The van der Waals surface area contributed by atoms with E-state index in [9.17, 15) is 0 Å². The predicted molar refractivity (Wildman–Crippen MR) is 103 cm³/mol. The Balaban J connectivity index is 1.50. The molecule has 6 heteroatoms. The second-order valence-corrected chi connectivity index (χ2v) is 6.43. The molecule has 0 unspecified atom stereocenters. The summed E-state index contributed by atoms with van der Waals surface area (Å²) in [5, 5.41) is 11.4. The summed E-state index contributed by atoms with van der Waals surface area (Å²) in [7, 11) is 0. The minimum absolute atomic E-state index is 0.364. The molecule has 6 nitrogen and oxygen atoms in total. The number of para-hydroxylation sites is 1. The van der Waals surface area contributed by atoms with Crippen LogP contribution in [0.5, 0.6) is 0 Å². The Hall–Kier alpha value is -3.15. The molecule has 0 fully saturated rings. The first-order valence-corrected chi connectivity index (χ1v) is 8.93. The second-order valence-electron chi connectivity index (χ2n) is 6.43. The highest BCUT2D eigenvalue weighted by molar-refractivity contribution is 5.93. The van der Waals surface area contributed by atoms with Crippen LogP contribution < -0.4 is 11.1 Å². The summed E-state index contributed by atoms with van der Waals surface area (Å²) in [5.74, 6) is 1.14. The number of rotatable bonds is 4. The van der Waals surface area contributed by atoms with Crippen LogP contribution in [-0.4, -0.2) is 20.7 Å². The van der Waals surface area contributed by atoms with Crippen molar-refractivity contribution in [2.45, 2.75) is 32.2 Å². The summed E-state index contributed by atoms with van der Waals surface area (Å²) >= 11 is 0. The van der Waals surface area contributed by atoms with E-state index < -0.39 is 0 Å². The average Bonchev–Trinajstić information content (AvgIpc) is 3.16. The molecule has 0 bridgehead atoms. The van der Waals surface area contributed by atoms with Gasteiger partial charge in [-0.25, -0.2) is 4.99 Å². The minimum atomic E-state index is 0.364. The third kappa shape index (κ3) is 3.44. The number of nitrogens with one attached hydrogen (secondary N) is 1. The van der Waals surface area contributed by atoms with Gasteiger partial charge in [0.15, 0.2) is 11.8 Å². The summed E-state index contributed by atoms with van der Waals surface area (Å²) in [5.41, 5.74) is 11.0. The van der Waals surface area contributed by atoms with Gasteiger partial charge in [0, 0.05) is 11.4 Å². The number of guanidine groups is 1. The number of aromatic nitrogens is 3. The summed E-state index contributed by atoms with van der Waals surface area (Å²) < 4.78 is 1.92. The van der Waals surface area contributed by atoms with Crippen LogP contribution in [0.4, 0.5) is 5.69 Å². The molecular weight excluding hydrogens is 324 g/mol. The number of benzene rings is 2. The van der Waals surface area contributed by atoms with Crippen molar-refractivity contribution in [1.82, 2.24) is 14.8 Å². The number of aryl methyl sites for hydroxylation is 1. The molecule has 3 aromatic rings. The SMILES string of the molecule is NC(=NCc1nncn1-c1ccccc1)Nc1cccc2c1CCCC2. The Kier molecular flexibility index (Phi) is 4.64. The van der Waals surface area contributed by atoms with Crippen molar-refractivity contribution < 1.29 is 0 Å². The van der Waals surface area contributed by atoms with Crippen LogP contribution in [0, 0.1) is 0 Å². The lowest BCUT2D eigenvalue weighted by Crippen LogP contribution is -2.24. The van der Waals surface area contributed by atoms with E-state index in [0.29, 0.717) is 12.5 Å². The third-order valence-corrected chi connectivity index (χ3v) is 4.70. The fourth-order valence-corrected chi connectivity index (χ4v) is 3.40. The van der Waals surface area contributed by atoms with Crippen molar-refractivity contribution in [3.63, 3.8) is 0 Å². The van der Waals surface area contributed by atoms with Gasteiger partial charge >= 0.3 is 0 Å². The molecular formula is C20H22N6. The number of hydrogen-bond acceptors (Lipinski definition) is 3. The molecule has 3 N–H and O–H groups in total. The lowest BCUT2D eigenvalue weighted by Gasteiger charge is -2.19. The van der Waals surface area contributed by atoms with Gasteiger partial charge in [-0.1, -0.05) is 30.3 Å². The monoisotopic (exact) mass is 346 g/mol. The first kappa shape index (κ1) is 16.3. The zero-order valence-corrected chi connectivity index (χ0v) is 14.6. The molecule has 1 aliphatic carbocycles. The van der Waals surface area contributed by atoms with Gasteiger partial charge < -0.3 is 11.1 Å². The van der Waals surface area contributed by atoms with E-state index in [1.54, 1.807) is 6.33 Å². The van der Waals surface area contributed by atoms with E-state index in [1.165, 1.54) is 24.0 Å². The largest absolute Gasteiger partial charge is 0.370 e. The Morgan fingerprint density at radius 2 is 1.92 bits per heavy atom. The van der Waals surface area contributed by atoms with Gasteiger partial charge in [0.1, 0.15) is 12.9 Å². The molecule has 2 aromatic carbocycles. The van der Waals surface area contributed by atoms with Crippen LogP contribution in [0.15, 0.2) is 59.9 Å². The first-order chi connectivity index (χ1) is 12.8. The normalized spacial score (nSPS) is 14.1. The molecule has 132 valence electrons. The second kappa shape index (κ2) is 7.39. The van der Waals surface area contributed by atoms with Gasteiger partial charge in [-0.15, -0.1) is 10.2 Å². The predicted octanol–water partition coefficient (Wildman–Crippen LogP) is 3.07. The van der Waals surface area contributed by atoms with Crippen LogP contribution in [0.25, 0.3) is 5.69 Å². The van der Waals surface area contributed by atoms with Crippen molar-refractivity contribution in [1.29, 1.82) is 0 Å². The maximum atomic E-state index is 6.13. The van der Waals surface area contributed by atoms with E-state index in [0.717, 1.165) is 30.0 Å². The van der Waals surface area contributed by atoms with Crippen molar-refractivity contribution in [3.05, 3.63) is 71.8 Å². The van der Waals surface area contributed by atoms with Gasteiger partial charge in [-0.05, 0) is 55.0 Å². The summed E-state index contributed by atoms with van der Waals surface area (Å²) in [6.45, 7) is 0.364. The zero-order chi connectivity index (χ0) is 17.8. The van der Waals surface area contributed by atoms with Crippen molar-refractivity contribution in [2.75, 3.05) is 5.32 Å². The molecule has 0 spiro atoms. The number of anilines is 1. The highest BCUT2D eigenvalue weighted by atomic mass is 15.3. The van der Waals surface area contributed by atoms with Crippen molar-refractivity contribution in [2.24, 2.45) is 10.7 Å². The van der Waals surface area contributed by atoms with E-state index in [2.05, 4.69) is 38.7 Å².